The summed E-state index contributed by atoms with van der Waals surface area (Å²) in [7, 11) is 1.35. The van der Waals surface area contributed by atoms with Crippen LogP contribution < -0.4 is 4.74 Å². The average Bonchev–Trinajstić information content (AvgIpc) is 2.43. The van der Waals surface area contributed by atoms with Crippen LogP contribution >= 0.6 is 11.6 Å². The van der Waals surface area contributed by atoms with E-state index in [1.165, 1.54) is 38.3 Å². The summed E-state index contributed by atoms with van der Waals surface area (Å²) >= 11 is 5.79. The molecule has 0 aliphatic heterocycles. The summed E-state index contributed by atoms with van der Waals surface area (Å²) in [6, 6.07) is 6.60. The molecular weight excluding hydrogens is 286 g/mol. The van der Waals surface area contributed by atoms with Crippen molar-refractivity contribution >= 4 is 17.4 Å². The van der Waals surface area contributed by atoms with Crippen LogP contribution in [0.3, 0.4) is 0 Å². The number of ketones is 1. The van der Waals surface area contributed by atoms with E-state index < -0.39 is 23.0 Å². The van der Waals surface area contributed by atoms with Gasteiger partial charge in [-0.15, -0.1) is 0 Å². The highest BCUT2D eigenvalue weighted by Gasteiger charge is 2.23. The van der Waals surface area contributed by atoms with Gasteiger partial charge in [-0.05, 0) is 36.8 Å². The Morgan fingerprint density at radius 3 is 2.55 bits per heavy atom. The lowest BCUT2D eigenvalue weighted by atomic mass is 9.99. The van der Waals surface area contributed by atoms with Gasteiger partial charge in [0.1, 0.15) is 17.4 Å². The molecule has 0 amide bonds. The number of carbonyl (C=O) groups is 1. The van der Waals surface area contributed by atoms with Gasteiger partial charge in [0.25, 0.3) is 0 Å². The third-order valence-corrected chi connectivity index (χ3v) is 3.15. The van der Waals surface area contributed by atoms with Crippen LogP contribution in [0.1, 0.15) is 21.5 Å². The molecule has 104 valence electrons. The minimum Gasteiger partial charge on any atom is -0.496 e. The normalized spacial score (nSPS) is 10.4. The molecule has 0 aliphatic rings. The van der Waals surface area contributed by atoms with Crippen LogP contribution in [0.15, 0.2) is 30.3 Å². The van der Waals surface area contributed by atoms with E-state index in [2.05, 4.69) is 0 Å². The molecule has 20 heavy (non-hydrogen) atoms. The van der Waals surface area contributed by atoms with Crippen molar-refractivity contribution in [3.8, 4) is 5.75 Å². The fourth-order valence-electron chi connectivity index (χ4n) is 1.85. The maximum Gasteiger partial charge on any atom is 0.202 e. The first-order valence-electron chi connectivity index (χ1n) is 5.78. The first-order chi connectivity index (χ1) is 9.45. The van der Waals surface area contributed by atoms with Gasteiger partial charge in [-0.1, -0.05) is 17.7 Å². The molecule has 2 rings (SSSR count). The smallest absolute Gasteiger partial charge is 0.202 e. The lowest BCUT2D eigenvalue weighted by molar-refractivity contribution is 0.102. The van der Waals surface area contributed by atoms with E-state index in [0.717, 1.165) is 6.07 Å². The second-order valence-corrected chi connectivity index (χ2v) is 4.66. The molecule has 0 radical (unpaired) electrons. The SMILES string of the molecule is COc1cc(Cl)ccc1C(=O)c1c(F)ccc(C)c1F. The molecule has 2 aromatic rings. The zero-order valence-corrected chi connectivity index (χ0v) is 11.6. The molecule has 0 unspecified atom stereocenters. The molecule has 0 aliphatic carbocycles. The van der Waals surface area contributed by atoms with Crippen molar-refractivity contribution in [1.82, 2.24) is 0 Å². The van der Waals surface area contributed by atoms with E-state index in [9.17, 15) is 13.6 Å². The van der Waals surface area contributed by atoms with Gasteiger partial charge in [0.15, 0.2) is 0 Å². The van der Waals surface area contributed by atoms with Crippen LogP contribution in [0.2, 0.25) is 5.02 Å². The highest BCUT2D eigenvalue weighted by Crippen LogP contribution is 2.28. The summed E-state index contributed by atoms with van der Waals surface area (Å²) in [4.78, 5) is 12.3. The summed E-state index contributed by atoms with van der Waals surface area (Å²) in [6.45, 7) is 1.46. The zero-order chi connectivity index (χ0) is 14.9. The van der Waals surface area contributed by atoms with Crippen molar-refractivity contribution in [1.29, 1.82) is 0 Å². The number of ether oxygens (including phenoxy) is 1. The maximum atomic E-state index is 14.0. The van der Waals surface area contributed by atoms with Crippen molar-refractivity contribution < 1.29 is 18.3 Å². The van der Waals surface area contributed by atoms with Gasteiger partial charge in [-0.3, -0.25) is 4.79 Å². The Morgan fingerprint density at radius 1 is 1.20 bits per heavy atom. The maximum absolute atomic E-state index is 14.0. The third-order valence-electron chi connectivity index (χ3n) is 2.92. The monoisotopic (exact) mass is 296 g/mol. The first kappa shape index (κ1) is 14.5. The fourth-order valence-corrected chi connectivity index (χ4v) is 2.01. The summed E-state index contributed by atoms with van der Waals surface area (Å²) in [5.74, 6) is -2.39. The predicted octanol–water partition coefficient (Wildman–Crippen LogP) is 4.17. The van der Waals surface area contributed by atoms with E-state index in [4.69, 9.17) is 16.3 Å². The zero-order valence-electron chi connectivity index (χ0n) is 10.8. The third kappa shape index (κ3) is 2.51. The standard InChI is InChI=1S/C15H11ClF2O2/c1-8-3-6-11(17)13(14(8)18)15(19)10-5-4-9(16)7-12(10)20-2/h3-7H,1-2H3. The minimum atomic E-state index is -0.907. The number of rotatable bonds is 3. The van der Waals surface area contributed by atoms with Gasteiger partial charge in [-0.2, -0.15) is 0 Å². The molecule has 0 saturated heterocycles. The van der Waals surface area contributed by atoms with Gasteiger partial charge in [0.2, 0.25) is 5.78 Å². The topological polar surface area (TPSA) is 26.3 Å². The molecule has 0 spiro atoms. The molecule has 0 saturated carbocycles. The number of hydrogen-bond acceptors (Lipinski definition) is 2. The minimum absolute atomic E-state index is 0.0558. The molecule has 5 heteroatoms. The highest BCUT2D eigenvalue weighted by atomic mass is 35.5. The van der Waals surface area contributed by atoms with Crippen molar-refractivity contribution in [2.24, 2.45) is 0 Å². The van der Waals surface area contributed by atoms with Gasteiger partial charge in [-0.25, -0.2) is 8.78 Å². The van der Waals surface area contributed by atoms with Crippen molar-refractivity contribution in [3.63, 3.8) is 0 Å². The van der Waals surface area contributed by atoms with E-state index in [1.54, 1.807) is 0 Å². The Morgan fingerprint density at radius 2 is 1.90 bits per heavy atom. The molecular formula is C15H11ClF2O2. The van der Waals surface area contributed by atoms with Crippen molar-refractivity contribution in [2.45, 2.75) is 6.92 Å². The van der Waals surface area contributed by atoms with E-state index in [0.29, 0.717) is 5.02 Å². The molecule has 2 nitrogen and oxygen atoms in total. The fraction of sp³-hybridized carbons (Fsp3) is 0.133. The number of hydrogen-bond donors (Lipinski definition) is 0. The molecule has 2 aromatic carbocycles. The largest absolute Gasteiger partial charge is 0.496 e. The lowest BCUT2D eigenvalue weighted by Gasteiger charge is -2.10. The predicted molar refractivity (Wildman–Crippen MR) is 72.5 cm³/mol. The Bertz CT molecular complexity index is 684. The van der Waals surface area contributed by atoms with Gasteiger partial charge in [0, 0.05) is 5.02 Å². The number of methoxy groups -OCH3 is 1. The highest BCUT2D eigenvalue weighted by molar-refractivity contribution is 6.31. The number of carbonyl (C=O) groups excluding carboxylic acids is 1. The number of halogens is 3. The van der Waals surface area contributed by atoms with Gasteiger partial charge < -0.3 is 4.74 Å². The molecule has 0 N–H and O–H groups in total. The molecule has 0 heterocycles. The van der Waals surface area contributed by atoms with Crippen molar-refractivity contribution in [2.75, 3.05) is 7.11 Å². The van der Waals surface area contributed by atoms with E-state index in [-0.39, 0.29) is 16.9 Å². The van der Waals surface area contributed by atoms with Crippen LogP contribution in [-0.2, 0) is 0 Å². The van der Waals surface area contributed by atoms with Crippen molar-refractivity contribution in [3.05, 3.63) is 63.7 Å². The molecule has 0 bridgehead atoms. The number of benzene rings is 2. The Labute approximate surface area is 119 Å². The Hall–Kier alpha value is -1.94. The van der Waals surface area contributed by atoms with Crippen LogP contribution in [-0.4, -0.2) is 12.9 Å². The van der Waals surface area contributed by atoms with Crippen LogP contribution in [0.25, 0.3) is 0 Å². The van der Waals surface area contributed by atoms with Gasteiger partial charge in [0.05, 0.1) is 18.2 Å². The number of aryl methyl sites for hydroxylation is 1. The second kappa shape index (κ2) is 5.59. The second-order valence-electron chi connectivity index (χ2n) is 4.23. The van der Waals surface area contributed by atoms with E-state index in [1.807, 2.05) is 0 Å². The molecule has 0 fully saturated rings. The Kier molecular flexibility index (Phi) is 4.04. The van der Waals surface area contributed by atoms with Gasteiger partial charge >= 0.3 is 0 Å². The Balaban J connectivity index is 2.61. The van der Waals surface area contributed by atoms with Crippen LogP contribution in [0.4, 0.5) is 8.78 Å². The summed E-state index contributed by atoms with van der Waals surface area (Å²) in [5, 5.41) is 0.364. The van der Waals surface area contributed by atoms with Crippen LogP contribution in [0.5, 0.6) is 5.75 Å². The molecule has 0 aromatic heterocycles. The van der Waals surface area contributed by atoms with E-state index >= 15 is 0 Å². The lowest BCUT2D eigenvalue weighted by Crippen LogP contribution is -2.10. The van der Waals surface area contributed by atoms with Crippen LogP contribution in [0, 0.1) is 18.6 Å². The molecule has 0 atom stereocenters. The summed E-state index contributed by atoms with van der Waals surface area (Å²) in [5.41, 5.74) is -0.339. The first-order valence-corrected chi connectivity index (χ1v) is 6.16. The summed E-state index contributed by atoms with van der Waals surface area (Å²) < 4.78 is 32.8. The average molecular weight is 297 g/mol. The quantitative estimate of drug-likeness (QED) is 0.795. The summed E-state index contributed by atoms with van der Waals surface area (Å²) in [6.07, 6.45) is 0.